The SMILES string of the molecule is O=C(NCCn1nc(-c2ccc(F)cc2)ccc1=O)c1ccc(Oc2ccccc2)cc1. The van der Waals surface area contributed by atoms with E-state index in [1.54, 1.807) is 42.5 Å². The maximum atomic E-state index is 13.1. The van der Waals surface area contributed by atoms with Gasteiger partial charge in [0.15, 0.2) is 0 Å². The first-order valence-corrected chi connectivity index (χ1v) is 10.0. The van der Waals surface area contributed by atoms with E-state index in [-0.39, 0.29) is 30.4 Å². The zero-order valence-corrected chi connectivity index (χ0v) is 17.1. The first-order chi connectivity index (χ1) is 15.6. The maximum absolute atomic E-state index is 13.1. The Kier molecular flexibility index (Phi) is 6.36. The predicted molar refractivity (Wildman–Crippen MR) is 119 cm³/mol. The summed E-state index contributed by atoms with van der Waals surface area (Å²) < 4.78 is 20.1. The van der Waals surface area contributed by atoms with Crippen LogP contribution in [-0.4, -0.2) is 22.2 Å². The van der Waals surface area contributed by atoms with Crippen molar-refractivity contribution in [2.75, 3.05) is 6.54 Å². The predicted octanol–water partition coefficient (Wildman–Crippen LogP) is 4.27. The summed E-state index contributed by atoms with van der Waals surface area (Å²) >= 11 is 0. The average molecular weight is 429 g/mol. The van der Waals surface area contributed by atoms with E-state index in [1.807, 2.05) is 30.3 Å². The monoisotopic (exact) mass is 429 g/mol. The smallest absolute Gasteiger partial charge is 0.266 e. The van der Waals surface area contributed by atoms with Crippen LogP contribution in [0.25, 0.3) is 11.3 Å². The Balaban J connectivity index is 1.35. The third kappa shape index (κ3) is 5.26. The van der Waals surface area contributed by atoms with Gasteiger partial charge in [-0.1, -0.05) is 18.2 Å². The highest BCUT2D eigenvalue weighted by Crippen LogP contribution is 2.21. The second-order valence-corrected chi connectivity index (χ2v) is 6.98. The molecule has 1 aromatic heterocycles. The number of benzene rings is 3. The second kappa shape index (κ2) is 9.70. The van der Waals surface area contributed by atoms with Crippen LogP contribution >= 0.6 is 0 Å². The fraction of sp³-hybridized carbons (Fsp3) is 0.0800. The molecule has 0 atom stereocenters. The first-order valence-electron chi connectivity index (χ1n) is 10.0. The number of amides is 1. The van der Waals surface area contributed by atoms with E-state index in [1.165, 1.54) is 22.9 Å². The Morgan fingerprint density at radius 2 is 1.56 bits per heavy atom. The molecule has 0 saturated heterocycles. The van der Waals surface area contributed by atoms with E-state index in [9.17, 15) is 14.0 Å². The molecule has 7 heteroatoms. The van der Waals surface area contributed by atoms with E-state index in [2.05, 4.69) is 10.4 Å². The van der Waals surface area contributed by atoms with Crippen molar-refractivity contribution in [1.82, 2.24) is 15.1 Å². The van der Waals surface area contributed by atoms with Crippen molar-refractivity contribution in [3.8, 4) is 22.8 Å². The lowest BCUT2D eigenvalue weighted by molar-refractivity contribution is 0.0951. The molecule has 0 bridgehead atoms. The second-order valence-electron chi connectivity index (χ2n) is 6.98. The molecule has 4 aromatic rings. The van der Waals surface area contributed by atoms with Gasteiger partial charge in [-0.3, -0.25) is 9.59 Å². The van der Waals surface area contributed by atoms with Crippen LogP contribution in [0, 0.1) is 5.82 Å². The molecule has 4 rings (SSSR count). The zero-order chi connectivity index (χ0) is 22.3. The molecule has 0 spiro atoms. The van der Waals surface area contributed by atoms with Crippen LogP contribution in [-0.2, 0) is 6.54 Å². The molecular formula is C25H20FN3O3. The molecule has 1 amide bonds. The van der Waals surface area contributed by atoms with Crippen molar-refractivity contribution in [3.63, 3.8) is 0 Å². The van der Waals surface area contributed by atoms with Gasteiger partial charge >= 0.3 is 0 Å². The summed E-state index contributed by atoms with van der Waals surface area (Å²) in [6.07, 6.45) is 0. The number of halogens is 1. The number of nitrogens with one attached hydrogen (secondary N) is 1. The van der Waals surface area contributed by atoms with E-state index < -0.39 is 0 Å². The number of nitrogens with zero attached hydrogens (tertiary/aromatic N) is 2. The maximum Gasteiger partial charge on any atom is 0.266 e. The van der Waals surface area contributed by atoms with Gasteiger partial charge in [-0.25, -0.2) is 9.07 Å². The Labute approximate surface area is 183 Å². The van der Waals surface area contributed by atoms with Crippen LogP contribution in [0.3, 0.4) is 0 Å². The number of hydrogen-bond acceptors (Lipinski definition) is 4. The topological polar surface area (TPSA) is 73.2 Å². The number of ether oxygens (including phenoxy) is 1. The van der Waals surface area contributed by atoms with Crippen molar-refractivity contribution in [2.45, 2.75) is 6.54 Å². The fourth-order valence-corrected chi connectivity index (χ4v) is 3.06. The van der Waals surface area contributed by atoms with Gasteiger partial charge in [-0.05, 0) is 66.7 Å². The van der Waals surface area contributed by atoms with Gasteiger partial charge in [0.1, 0.15) is 17.3 Å². The molecule has 0 fully saturated rings. The van der Waals surface area contributed by atoms with Crippen molar-refractivity contribution >= 4 is 5.91 Å². The standard InChI is InChI=1S/C25H20FN3O3/c26-20-10-6-18(7-11-20)23-14-15-24(30)29(28-23)17-16-27-25(31)19-8-12-22(13-9-19)32-21-4-2-1-3-5-21/h1-15H,16-17H2,(H,27,31). The van der Waals surface area contributed by atoms with Crippen LogP contribution in [0.4, 0.5) is 4.39 Å². The summed E-state index contributed by atoms with van der Waals surface area (Å²) in [5.41, 5.74) is 1.44. The van der Waals surface area contributed by atoms with E-state index >= 15 is 0 Å². The molecule has 1 N–H and O–H groups in total. The largest absolute Gasteiger partial charge is 0.457 e. The highest BCUT2D eigenvalue weighted by molar-refractivity contribution is 5.94. The van der Waals surface area contributed by atoms with Crippen LogP contribution in [0.1, 0.15) is 10.4 Å². The number of carbonyl (C=O) groups is 1. The lowest BCUT2D eigenvalue weighted by atomic mass is 10.1. The summed E-state index contributed by atoms with van der Waals surface area (Å²) in [5.74, 6) is 0.732. The summed E-state index contributed by atoms with van der Waals surface area (Å²) in [7, 11) is 0. The molecule has 0 saturated carbocycles. The van der Waals surface area contributed by atoms with Gasteiger partial charge in [-0.2, -0.15) is 5.10 Å². The lowest BCUT2D eigenvalue weighted by Gasteiger charge is -2.09. The number of aromatic nitrogens is 2. The number of rotatable bonds is 7. The molecule has 1 heterocycles. The molecule has 3 aromatic carbocycles. The third-order valence-electron chi connectivity index (χ3n) is 4.71. The Hall–Kier alpha value is -4.26. The Morgan fingerprint density at radius 3 is 2.28 bits per heavy atom. The van der Waals surface area contributed by atoms with E-state index in [0.29, 0.717) is 28.3 Å². The number of para-hydroxylation sites is 1. The third-order valence-corrected chi connectivity index (χ3v) is 4.71. The molecule has 32 heavy (non-hydrogen) atoms. The Morgan fingerprint density at radius 1 is 0.875 bits per heavy atom. The van der Waals surface area contributed by atoms with Gasteiger partial charge in [0, 0.05) is 23.7 Å². The minimum absolute atomic E-state index is 0.203. The molecule has 0 aliphatic heterocycles. The Bertz CT molecular complexity index is 1250. The van der Waals surface area contributed by atoms with Crippen LogP contribution in [0.5, 0.6) is 11.5 Å². The quantitative estimate of drug-likeness (QED) is 0.476. The highest BCUT2D eigenvalue weighted by atomic mass is 19.1. The number of hydrogen-bond donors (Lipinski definition) is 1. The van der Waals surface area contributed by atoms with Crippen molar-refractivity contribution in [1.29, 1.82) is 0 Å². The first kappa shape index (κ1) is 21.0. The average Bonchev–Trinajstić information content (AvgIpc) is 2.82. The van der Waals surface area contributed by atoms with Crippen LogP contribution in [0.2, 0.25) is 0 Å². The molecule has 0 aliphatic rings. The summed E-state index contributed by atoms with van der Waals surface area (Å²) in [6, 6.07) is 25.0. The minimum atomic E-state index is -0.343. The van der Waals surface area contributed by atoms with Gasteiger partial charge in [-0.15, -0.1) is 0 Å². The normalized spacial score (nSPS) is 10.5. The molecule has 0 radical (unpaired) electrons. The highest BCUT2D eigenvalue weighted by Gasteiger charge is 2.08. The minimum Gasteiger partial charge on any atom is -0.457 e. The van der Waals surface area contributed by atoms with Gasteiger partial charge in [0.25, 0.3) is 11.5 Å². The lowest BCUT2D eigenvalue weighted by Crippen LogP contribution is -2.31. The molecule has 0 aliphatic carbocycles. The van der Waals surface area contributed by atoms with E-state index in [4.69, 9.17) is 4.74 Å². The van der Waals surface area contributed by atoms with Crippen LogP contribution < -0.4 is 15.6 Å². The van der Waals surface area contributed by atoms with E-state index in [0.717, 1.165) is 0 Å². The van der Waals surface area contributed by atoms with Crippen molar-refractivity contribution in [2.24, 2.45) is 0 Å². The zero-order valence-electron chi connectivity index (χ0n) is 17.1. The molecule has 6 nitrogen and oxygen atoms in total. The van der Waals surface area contributed by atoms with Gasteiger partial charge in [0.2, 0.25) is 0 Å². The van der Waals surface area contributed by atoms with Gasteiger partial charge < -0.3 is 10.1 Å². The summed E-state index contributed by atoms with van der Waals surface area (Å²) in [4.78, 5) is 24.5. The fourth-order valence-electron chi connectivity index (χ4n) is 3.06. The number of carbonyl (C=O) groups excluding carboxylic acids is 1. The molecular weight excluding hydrogens is 409 g/mol. The molecule has 0 unspecified atom stereocenters. The van der Waals surface area contributed by atoms with Crippen LogP contribution in [0.15, 0.2) is 95.8 Å². The van der Waals surface area contributed by atoms with Crippen molar-refractivity contribution in [3.05, 3.63) is 113 Å². The summed E-state index contributed by atoms with van der Waals surface area (Å²) in [5, 5.41) is 7.09. The summed E-state index contributed by atoms with van der Waals surface area (Å²) in [6.45, 7) is 0.426. The van der Waals surface area contributed by atoms with Crippen molar-refractivity contribution < 1.29 is 13.9 Å². The van der Waals surface area contributed by atoms with Gasteiger partial charge in [0.05, 0.1) is 12.2 Å². The molecule has 160 valence electrons.